The highest BCUT2D eigenvalue weighted by Gasteiger charge is 2.22. The van der Waals surface area contributed by atoms with Crippen molar-refractivity contribution in [3.8, 4) is 0 Å². The topological polar surface area (TPSA) is 80.0 Å². The van der Waals surface area contributed by atoms with Gasteiger partial charge in [-0.05, 0) is 37.1 Å². The quantitative estimate of drug-likeness (QED) is 0.725. The molecule has 1 aliphatic rings. The van der Waals surface area contributed by atoms with Crippen LogP contribution in [0.2, 0.25) is 0 Å². The van der Waals surface area contributed by atoms with Crippen molar-refractivity contribution < 1.29 is 4.79 Å². The minimum absolute atomic E-state index is 0.114. The Balaban J connectivity index is 1.63. The second-order valence-electron chi connectivity index (χ2n) is 5.15. The highest BCUT2D eigenvalue weighted by Crippen LogP contribution is 2.23. The molecule has 1 aromatic carbocycles. The summed E-state index contributed by atoms with van der Waals surface area (Å²) in [6.07, 6.45) is 4.47. The Morgan fingerprint density at radius 1 is 1.35 bits per heavy atom. The highest BCUT2D eigenvalue weighted by atomic mass is 16.1. The van der Waals surface area contributed by atoms with Gasteiger partial charge in [-0.2, -0.15) is 0 Å². The van der Waals surface area contributed by atoms with Crippen molar-refractivity contribution in [3.05, 3.63) is 30.5 Å². The largest absolute Gasteiger partial charge is 0.399 e. The maximum Gasteiger partial charge on any atom is 0.221 e. The summed E-state index contributed by atoms with van der Waals surface area (Å²) in [5.41, 5.74) is 8.29. The fourth-order valence-corrected chi connectivity index (χ4v) is 2.16. The van der Waals surface area contributed by atoms with Gasteiger partial charge in [0.15, 0.2) is 0 Å². The number of nitrogens with zero attached hydrogens (tertiary/aromatic N) is 1. The summed E-state index contributed by atoms with van der Waals surface area (Å²) in [6, 6.07) is 7.99. The number of pyridine rings is 1. The normalized spacial score (nSPS) is 14.2. The van der Waals surface area contributed by atoms with Crippen molar-refractivity contribution in [1.29, 1.82) is 0 Å². The van der Waals surface area contributed by atoms with Gasteiger partial charge in [-0.25, -0.2) is 0 Å². The number of benzene rings is 1. The van der Waals surface area contributed by atoms with Crippen LogP contribution in [0.4, 0.5) is 11.4 Å². The molecule has 20 heavy (non-hydrogen) atoms. The van der Waals surface area contributed by atoms with Crippen LogP contribution >= 0.6 is 0 Å². The van der Waals surface area contributed by atoms with E-state index in [-0.39, 0.29) is 5.91 Å². The van der Waals surface area contributed by atoms with Crippen LogP contribution in [-0.4, -0.2) is 23.5 Å². The number of hydrogen-bond donors (Lipinski definition) is 3. The predicted octanol–water partition coefficient (Wildman–Crippen LogP) is 1.90. The van der Waals surface area contributed by atoms with Crippen molar-refractivity contribution in [1.82, 2.24) is 10.3 Å². The molecule has 1 amide bonds. The van der Waals surface area contributed by atoms with E-state index in [1.54, 1.807) is 6.20 Å². The van der Waals surface area contributed by atoms with Gasteiger partial charge in [-0.15, -0.1) is 0 Å². The first-order chi connectivity index (χ1) is 9.72. The smallest absolute Gasteiger partial charge is 0.221 e. The van der Waals surface area contributed by atoms with Gasteiger partial charge in [-0.1, -0.05) is 0 Å². The van der Waals surface area contributed by atoms with E-state index in [9.17, 15) is 4.79 Å². The zero-order valence-electron chi connectivity index (χ0n) is 11.2. The van der Waals surface area contributed by atoms with Crippen LogP contribution in [0.5, 0.6) is 0 Å². The molecule has 1 aliphatic carbocycles. The van der Waals surface area contributed by atoms with Crippen molar-refractivity contribution >= 4 is 28.2 Å². The van der Waals surface area contributed by atoms with Crippen LogP contribution in [-0.2, 0) is 4.79 Å². The molecule has 1 fully saturated rings. The number of fused-ring (bicyclic) bond motifs is 1. The number of rotatable bonds is 5. The highest BCUT2D eigenvalue weighted by molar-refractivity contribution is 5.92. The lowest BCUT2D eigenvalue weighted by Crippen LogP contribution is -2.27. The number of anilines is 2. The van der Waals surface area contributed by atoms with Crippen molar-refractivity contribution in [2.45, 2.75) is 25.3 Å². The number of hydrogen-bond acceptors (Lipinski definition) is 4. The summed E-state index contributed by atoms with van der Waals surface area (Å²) in [4.78, 5) is 15.9. The second kappa shape index (κ2) is 5.36. The molecule has 0 radical (unpaired) electrons. The predicted molar refractivity (Wildman–Crippen MR) is 80.4 cm³/mol. The first kappa shape index (κ1) is 12.7. The maximum atomic E-state index is 11.6. The SMILES string of the molecule is Nc1ccc2c(NCCC(=O)NC3CC3)ccnc2c1. The van der Waals surface area contributed by atoms with Crippen molar-refractivity contribution in [3.63, 3.8) is 0 Å². The number of carbonyl (C=O) groups excluding carboxylic acids is 1. The van der Waals surface area contributed by atoms with Gasteiger partial charge in [0, 0.05) is 42.0 Å². The minimum Gasteiger partial charge on any atom is -0.399 e. The average molecular weight is 270 g/mol. The molecule has 104 valence electrons. The van der Waals surface area contributed by atoms with Crippen molar-refractivity contribution in [2.24, 2.45) is 0 Å². The molecule has 4 N–H and O–H groups in total. The molecule has 0 aliphatic heterocycles. The Kier molecular flexibility index (Phi) is 3.41. The zero-order chi connectivity index (χ0) is 13.9. The summed E-state index contributed by atoms with van der Waals surface area (Å²) in [6.45, 7) is 0.613. The zero-order valence-corrected chi connectivity index (χ0v) is 11.2. The molecule has 0 spiro atoms. The van der Waals surface area contributed by atoms with Crippen LogP contribution in [0.3, 0.4) is 0 Å². The van der Waals surface area contributed by atoms with E-state index in [0.29, 0.717) is 24.7 Å². The summed E-state index contributed by atoms with van der Waals surface area (Å²) in [5, 5.41) is 7.28. The Morgan fingerprint density at radius 3 is 3.00 bits per heavy atom. The summed E-state index contributed by atoms with van der Waals surface area (Å²) < 4.78 is 0. The first-order valence-corrected chi connectivity index (χ1v) is 6.90. The maximum absolute atomic E-state index is 11.6. The van der Waals surface area contributed by atoms with Gasteiger partial charge >= 0.3 is 0 Å². The molecular weight excluding hydrogens is 252 g/mol. The molecule has 5 heteroatoms. The van der Waals surface area contributed by atoms with Crippen LogP contribution in [0, 0.1) is 0 Å². The number of nitrogen functional groups attached to an aromatic ring is 1. The van der Waals surface area contributed by atoms with E-state index in [1.165, 1.54) is 0 Å². The third-order valence-electron chi connectivity index (χ3n) is 3.38. The van der Waals surface area contributed by atoms with Gasteiger partial charge in [0.05, 0.1) is 5.52 Å². The second-order valence-corrected chi connectivity index (χ2v) is 5.15. The minimum atomic E-state index is 0.114. The molecule has 0 unspecified atom stereocenters. The van der Waals surface area contributed by atoms with Gasteiger partial charge in [0.1, 0.15) is 0 Å². The lowest BCUT2D eigenvalue weighted by molar-refractivity contribution is -0.120. The number of nitrogens with one attached hydrogen (secondary N) is 2. The van der Waals surface area contributed by atoms with Gasteiger partial charge in [0.25, 0.3) is 0 Å². The van der Waals surface area contributed by atoms with E-state index in [4.69, 9.17) is 5.73 Å². The van der Waals surface area contributed by atoms with Gasteiger partial charge in [0.2, 0.25) is 5.91 Å². The number of carbonyl (C=O) groups is 1. The molecular formula is C15H18N4O. The van der Waals surface area contributed by atoms with E-state index in [0.717, 1.165) is 29.4 Å². The fraction of sp³-hybridized carbons (Fsp3) is 0.333. The molecule has 5 nitrogen and oxygen atoms in total. The van der Waals surface area contributed by atoms with Crippen LogP contribution in [0.15, 0.2) is 30.5 Å². The third kappa shape index (κ3) is 2.99. The molecule has 2 aromatic rings. The number of amides is 1. The Morgan fingerprint density at radius 2 is 2.20 bits per heavy atom. The van der Waals surface area contributed by atoms with Crippen LogP contribution < -0.4 is 16.4 Å². The molecule has 3 rings (SSSR count). The van der Waals surface area contributed by atoms with E-state index < -0.39 is 0 Å². The summed E-state index contributed by atoms with van der Waals surface area (Å²) >= 11 is 0. The molecule has 1 saturated carbocycles. The third-order valence-corrected chi connectivity index (χ3v) is 3.38. The van der Waals surface area contributed by atoms with Gasteiger partial charge < -0.3 is 16.4 Å². The lowest BCUT2D eigenvalue weighted by atomic mass is 10.1. The molecule has 1 aromatic heterocycles. The standard InChI is InChI=1S/C15H18N4O/c16-10-1-4-12-13(5-7-18-14(12)9-10)17-8-6-15(20)19-11-2-3-11/h1,4-5,7,9,11H,2-3,6,8,16H2,(H,17,18)(H,19,20). The monoisotopic (exact) mass is 270 g/mol. The number of nitrogens with two attached hydrogens (primary N) is 1. The van der Waals surface area contributed by atoms with E-state index in [1.807, 2.05) is 24.3 Å². The Hall–Kier alpha value is -2.30. The average Bonchev–Trinajstić information content (AvgIpc) is 3.22. The molecule has 0 bridgehead atoms. The van der Waals surface area contributed by atoms with E-state index >= 15 is 0 Å². The summed E-state index contributed by atoms with van der Waals surface area (Å²) in [7, 11) is 0. The Labute approximate surface area is 117 Å². The molecule has 0 saturated heterocycles. The number of aromatic nitrogens is 1. The molecule has 0 atom stereocenters. The van der Waals surface area contributed by atoms with Crippen LogP contribution in [0.1, 0.15) is 19.3 Å². The lowest BCUT2D eigenvalue weighted by Gasteiger charge is -2.09. The molecule has 1 heterocycles. The summed E-state index contributed by atoms with van der Waals surface area (Å²) in [5.74, 6) is 0.114. The Bertz CT molecular complexity index is 637. The van der Waals surface area contributed by atoms with Gasteiger partial charge in [-0.3, -0.25) is 9.78 Å². The van der Waals surface area contributed by atoms with Crippen molar-refractivity contribution in [2.75, 3.05) is 17.6 Å². The fourth-order valence-electron chi connectivity index (χ4n) is 2.16. The van der Waals surface area contributed by atoms with E-state index in [2.05, 4.69) is 15.6 Å². The van der Waals surface area contributed by atoms with Crippen LogP contribution in [0.25, 0.3) is 10.9 Å². The first-order valence-electron chi connectivity index (χ1n) is 6.90.